The smallest absolute Gasteiger partial charge is 0.256 e. The Morgan fingerprint density at radius 2 is 2.10 bits per heavy atom. The molecule has 29 heavy (non-hydrogen) atoms. The number of allylic oxidation sites excluding steroid dienone is 2. The Morgan fingerprint density at radius 3 is 3.00 bits per heavy atom. The highest BCUT2D eigenvalue weighted by atomic mass is 32.2. The summed E-state index contributed by atoms with van der Waals surface area (Å²) in [6, 6.07) is 9.59. The first-order valence-electron chi connectivity index (χ1n) is 9.26. The van der Waals surface area contributed by atoms with Crippen LogP contribution in [0.1, 0.15) is 6.42 Å². The lowest BCUT2D eigenvalue weighted by Crippen LogP contribution is -2.42. The van der Waals surface area contributed by atoms with Gasteiger partial charge < -0.3 is 15.0 Å². The average molecular weight is 412 g/mol. The average Bonchev–Trinajstić information content (AvgIpc) is 2.72. The number of hydrogen-bond acceptors (Lipinski definition) is 6. The van der Waals surface area contributed by atoms with Gasteiger partial charge in [-0.3, -0.25) is 9.78 Å². The lowest BCUT2D eigenvalue weighted by Gasteiger charge is -2.28. The van der Waals surface area contributed by atoms with Crippen LogP contribution in [0.5, 0.6) is 5.75 Å². The molecule has 1 amide bonds. The quantitative estimate of drug-likeness (QED) is 0.724. The van der Waals surface area contributed by atoms with Crippen molar-refractivity contribution < 1.29 is 17.9 Å². The number of pyridine rings is 1. The van der Waals surface area contributed by atoms with E-state index in [4.69, 9.17) is 4.74 Å². The first-order chi connectivity index (χ1) is 14.0. The molecule has 150 valence electrons. The highest BCUT2D eigenvalue weighted by Gasteiger charge is 2.29. The zero-order valence-electron chi connectivity index (χ0n) is 15.6. The molecule has 1 aromatic carbocycles. The molecule has 1 N–H and O–H groups in total. The van der Waals surface area contributed by atoms with E-state index in [1.54, 1.807) is 29.4 Å². The van der Waals surface area contributed by atoms with Gasteiger partial charge in [-0.15, -0.1) is 4.40 Å². The lowest BCUT2D eigenvalue weighted by atomic mass is 10.1. The fourth-order valence-corrected chi connectivity index (χ4v) is 4.12. The maximum Gasteiger partial charge on any atom is 0.256 e. The van der Waals surface area contributed by atoms with Crippen LogP contribution in [-0.2, 0) is 14.8 Å². The Hall–Kier alpha value is -3.20. The number of para-hydroxylation sites is 1. The van der Waals surface area contributed by atoms with Gasteiger partial charge in [-0.05, 0) is 30.7 Å². The van der Waals surface area contributed by atoms with Crippen molar-refractivity contribution in [1.82, 2.24) is 15.2 Å². The van der Waals surface area contributed by atoms with Crippen LogP contribution in [-0.4, -0.2) is 55.5 Å². The minimum atomic E-state index is -3.53. The van der Waals surface area contributed by atoms with E-state index in [1.165, 1.54) is 0 Å². The molecule has 2 aliphatic rings. The number of sulfonamides is 1. The summed E-state index contributed by atoms with van der Waals surface area (Å²) in [5.41, 5.74) is 1.05. The van der Waals surface area contributed by atoms with Crippen LogP contribution >= 0.6 is 0 Å². The van der Waals surface area contributed by atoms with Crippen LogP contribution < -0.4 is 10.1 Å². The molecular weight excluding hydrogens is 392 g/mol. The fraction of sp³-hybridized carbons (Fsp3) is 0.250. The Bertz CT molecular complexity index is 1130. The van der Waals surface area contributed by atoms with Crippen molar-refractivity contribution in [3.05, 3.63) is 60.5 Å². The SMILES string of the molecule is O=C(NCCCOc1cccc2cccnc12)C1=CC=CN2CCS(=O)(=O)N=C12. The third-order valence-corrected chi connectivity index (χ3v) is 5.71. The Kier molecular flexibility index (Phi) is 5.30. The molecule has 9 heteroatoms. The first kappa shape index (κ1) is 19.1. The normalized spacial score (nSPS) is 17.3. The predicted molar refractivity (Wildman–Crippen MR) is 110 cm³/mol. The summed E-state index contributed by atoms with van der Waals surface area (Å²) in [6.45, 7) is 1.09. The minimum absolute atomic E-state index is 0.0594. The van der Waals surface area contributed by atoms with Gasteiger partial charge >= 0.3 is 0 Å². The van der Waals surface area contributed by atoms with Crippen LogP contribution in [0.25, 0.3) is 10.9 Å². The number of rotatable bonds is 6. The topological polar surface area (TPSA) is 101 Å². The third kappa shape index (κ3) is 4.29. The number of amides is 1. The molecule has 0 unspecified atom stereocenters. The second-order valence-electron chi connectivity index (χ2n) is 6.61. The van der Waals surface area contributed by atoms with E-state index in [2.05, 4.69) is 14.7 Å². The van der Waals surface area contributed by atoms with Crippen molar-refractivity contribution in [2.45, 2.75) is 6.42 Å². The van der Waals surface area contributed by atoms with Gasteiger partial charge in [0, 0.05) is 30.9 Å². The fourth-order valence-electron chi connectivity index (χ4n) is 3.14. The monoisotopic (exact) mass is 412 g/mol. The van der Waals surface area contributed by atoms with Crippen molar-refractivity contribution >= 4 is 32.7 Å². The van der Waals surface area contributed by atoms with Crippen molar-refractivity contribution in [2.75, 3.05) is 25.4 Å². The zero-order chi connectivity index (χ0) is 20.3. The van der Waals surface area contributed by atoms with Gasteiger partial charge in [-0.1, -0.05) is 18.2 Å². The van der Waals surface area contributed by atoms with Crippen LogP contribution in [0, 0.1) is 0 Å². The third-order valence-electron chi connectivity index (χ3n) is 4.56. The minimum Gasteiger partial charge on any atom is -0.491 e. The van der Waals surface area contributed by atoms with Crippen LogP contribution in [0.4, 0.5) is 0 Å². The maximum absolute atomic E-state index is 12.5. The summed E-state index contributed by atoms with van der Waals surface area (Å²) in [7, 11) is -3.53. The molecule has 3 heterocycles. The van der Waals surface area contributed by atoms with Crippen molar-refractivity contribution in [2.24, 2.45) is 4.40 Å². The number of hydrogen-bond donors (Lipinski definition) is 1. The molecule has 0 fully saturated rings. The van der Waals surface area contributed by atoms with Gasteiger partial charge in [0.25, 0.3) is 15.9 Å². The number of amidine groups is 1. The maximum atomic E-state index is 12.5. The Labute approximate surface area is 168 Å². The van der Waals surface area contributed by atoms with Crippen molar-refractivity contribution in [1.29, 1.82) is 0 Å². The Morgan fingerprint density at radius 1 is 1.24 bits per heavy atom. The van der Waals surface area contributed by atoms with E-state index in [0.29, 0.717) is 25.3 Å². The zero-order valence-corrected chi connectivity index (χ0v) is 16.4. The number of nitrogens with zero attached hydrogens (tertiary/aromatic N) is 3. The molecular formula is C20H20N4O4S. The van der Waals surface area contributed by atoms with Crippen molar-refractivity contribution in [3.63, 3.8) is 0 Å². The number of carbonyl (C=O) groups excluding carboxylic acids is 1. The first-order valence-corrected chi connectivity index (χ1v) is 10.9. The summed E-state index contributed by atoms with van der Waals surface area (Å²) in [6.07, 6.45) is 7.31. The standard InChI is InChI=1S/C20H20N4O4S/c25-20(16-7-3-11-24-12-14-29(26,27)23-19(16)24)22-10-4-13-28-17-8-1-5-15-6-2-9-21-18(15)17/h1-3,5-9,11H,4,10,12-14H2,(H,22,25). The summed E-state index contributed by atoms with van der Waals surface area (Å²) in [5.74, 6) is 0.458. The van der Waals surface area contributed by atoms with Gasteiger partial charge in [0.05, 0.1) is 17.9 Å². The molecule has 0 saturated heterocycles. The second kappa shape index (κ2) is 8.04. The van der Waals surface area contributed by atoms with E-state index < -0.39 is 10.0 Å². The van der Waals surface area contributed by atoms with E-state index in [-0.39, 0.29) is 29.6 Å². The number of fused-ring (bicyclic) bond motifs is 2. The van der Waals surface area contributed by atoms with Crippen LogP contribution in [0.15, 0.2) is 64.9 Å². The van der Waals surface area contributed by atoms with E-state index in [9.17, 15) is 13.2 Å². The summed E-state index contributed by atoms with van der Waals surface area (Å²) in [5, 5.41) is 3.80. The molecule has 0 saturated carbocycles. The number of ether oxygens (including phenoxy) is 1. The summed E-state index contributed by atoms with van der Waals surface area (Å²) >= 11 is 0. The van der Waals surface area contributed by atoms with Gasteiger partial charge in [0.15, 0.2) is 5.84 Å². The largest absolute Gasteiger partial charge is 0.491 e. The lowest BCUT2D eigenvalue weighted by molar-refractivity contribution is -0.117. The summed E-state index contributed by atoms with van der Waals surface area (Å²) in [4.78, 5) is 18.5. The van der Waals surface area contributed by atoms with Crippen LogP contribution in [0.2, 0.25) is 0 Å². The highest BCUT2D eigenvalue weighted by Crippen LogP contribution is 2.23. The number of nitrogens with one attached hydrogen (secondary N) is 1. The molecule has 1 aromatic heterocycles. The molecule has 8 nitrogen and oxygen atoms in total. The van der Waals surface area contributed by atoms with E-state index >= 15 is 0 Å². The Balaban J connectivity index is 1.32. The number of benzene rings is 1. The molecule has 0 atom stereocenters. The summed E-state index contributed by atoms with van der Waals surface area (Å²) < 4.78 is 33.1. The molecule has 0 spiro atoms. The molecule has 0 radical (unpaired) electrons. The van der Waals surface area contributed by atoms with Gasteiger partial charge in [-0.2, -0.15) is 0 Å². The molecule has 0 aliphatic carbocycles. The van der Waals surface area contributed by atoms with Crippen LogP contribution in [0.3, 0.4) is 0 Å². The number of carbonyl (C=O) groups is 1. The molecule has 2 aliphatic heterocycles. The molecule has 2 aromatic rings. The van der Waals surface area contributed by atoms with Gasteiger partial charge in [0.2, 0.25) is 0 Å². The predicted octanol–water partition coefficient (Wildman–Crippen LogP) is 1.62. The van der Waals surface area contributed by atoms with E-state index in [1.807, 2.05) is 30.3 Å². The highest BCUT2D eigenvalue weighted by molar-refractivity contribution is 7.90. The van der Waals surface area contributed by atoms with Gasteiger partial charge in [0.1, 0.15) is 11.3 Å². The van der Waals surface area contributed by atoms with Gasteiger partial charge in [-0.25, -0.2) is 8.42 Å². The van der Waals surface area contributed by atoms with Crippen molar-refractivity contribution in [3.8, 4) is 5.75 Å². The number of aromatic nitrogens is 1. The molecule has 0 bridgehead atoms. The second-order valence-corrected chi connectivity index (χ2v) is 8.36. The molecule has 4 rings (SSSR count). The van der Waals surface area contributed by atoms with E-state index in [0.717, 1.165) is 10.9 Å².